The molecule has 0 radical (unpaired) electrons. The lowest BCUT2D eigenvalue weighted by Crippen LogP contribution is -2.36. The van der Waals surface area contributed by atoms with E-state index in [1.807, 2.05) is 30.0 Å². The van der Waals surface area contributed by atoms with Crippen LogP contribution in [0.15, 0.2) is 40.4 Å². The summed E-state index contributed by atoms with van der Waals surface area (Å²) in [6, 6.07) is 9.00. The highest BCUT2D eigenvalue weighted by Gasteiger charge is 2.23. The first-order valence-corrected chi connectivity index (χ1v) is 11.6. The Morgan fingerprint density at radius 2 is 2.17 bits per heavy atom. The van der Waals surface area contributed by atoms with Crippen molar-refractivity contribution in [3.63, 3.8) is 0 Å². The Morgan fingerprint density at radius 3 is 2.97 bits per heavy atom. The van der Waals surface area contributed by atoms with E-state index in [-0.39, 0.29) is 22.9 Å². The van der Waals surface area contributed by atoms with Gasteiger partial charge in [-0.05, 0) is 42.7 Å². The van der Waals surface area contributed by atoms with Gasteiger partial charge >= 0.3 is 0 Å². The first-order chi connectivity index (χ1) is 14.5. The summed E-state index contributed by atoms with van der Waals surface area (Å²) in [4.78, 5) is 15.2. The van der Waals surface area contributed by atoms with Gasteiger partial charge in [-0.25, -0.2) is 18.4 Å². The molecule has 9 heteroatoms. The summed E-state index contributed by atoms with van der Waals surface area (Å²) in [6.07, 6.45) is 4.75. The predicted molar refractivity (Wildman–Crippen MR) is 114 cm³/mol. The fourth-order valence-corrected chi connectivity index (χ4v) is 4.99. The van der Waals surface area contributed by atoms with Crippen LogP contribution in [0.5, 0.6) is 11.6 Å². The lowest BCUT2D eigenvalue weighted by molar-refractivity contribution is 0.460. The van der Waals surface area contributed by atoms with E-state index >= 15 is 0 Å². The highest BCUT2D eigenvalue weighted by atomic mass is 32.2. The molecule has 0 spiro atoms. The molecule has 8 nitrogen and oxygen atoms in total. The Balaban J connectivity index is 1.66. The molecule has 0 bridgehead atoms. The van der Waals surface area contributed by atoms with Crippen LogP contribution in [-0.4, -0.2) is 49.3 Å². The lowest BCUT2D eigenvalue weighted by Gasteiger charge is -2.29. The molecule has 1 aromatic heterocycles. The summed E-state index contributed by atoms with van der Waals surface area (Å²) in [6.45, 7) is 3.43. The van der Waals surface area contributed by atoms with Crippen molar-refractivity contribution in [3.05, 3.63) is 47.2 Å². The summed E-state index contributed by atoms with van der Waals surface area (Å²) < 4.78 is 30.4. The van der Waals surface area contributed by atoms with Crippen LogP contribution in [0.2, 0.25) is 0 Å². The van der Waals surface area contributed by atoms with E-state index < -0.39 is 9.84 Å². The van der Waals surface area contributed by atoms with Gasteiger partial charge in [-0.1, -0.05) is 6.92 Å². The van der Waals surface area contributed by atoms with Gasteiger partial charge in [0.25, 0.3) is 0 Å². The molecule has 3 heterocycles. The second-order valence-electron chi connectivity index (χ2n) is 7.13. The van der Waals surface area contributed by atoms with E-state index in [0.29, 0.717) is 17.7 Å². The molecule has 0 atom stereocenters. The van der Waals surface area contributed by atoms with Gasteiger partial charge in [0.05, 0.1) is 23.5 Å². The van der Waals surface area contributed by atoms with E-state index in [2.05, 4.69) is 15.0 Å². The molecule has 0 saturated heterocycles. The summed E-state index contributed by atoms with van der Waals surface area (Å²) in [5, 5.41) is 9.64. The van der Waals surface area contributed by atoms with E-state index in [0.717, 1.165) is 36.6 Å². The van der Waals surface area contributed by atoms with Crippen molar-refractivity contribution in [1.82, 2.24) is 9.88 Å². The molecule has 0 aliphatic carbocycles. The Kier molecular flexibility index (Phi) is 5.50. The van der Waals surface area contributed by atoms with Gasteiger partial charge in [0.15, 0.2) is 9.84 Å². The number of nitriles is 1. The van der Waals surface area contributed by atoms with Gasteiger partial charge in [-0.2, -0.15) is 5.26 Å². The zero-order chi connectivity index (χ0) is 21.1. The number of pyridine rings is 1. The molecule has 0 saturated carbocycles. The van der Waals surface area contributed by atoms with Gasteiger partial charge in [0.1, 0.15) is 23.2 Å². The highest BCUT2D eigenvalue weighted by molar-refractivity contribution is 7.90. The van der Waals surface area contributed by atoms with Crippen molar-refractivity contribution in [1.29, 1.82) is 5.26 Å². The molecule has 0 fully saturated rings. The van der Waals surface area contributed by atoms with Crippen LogP contribution in [0.3, 0.4) is 0 Å². The minimum absolute atomic E-state index is 0.0698. The van der Waals surface area contributed by atoms with Crippen LogP contribution in [-0.2, 0) is 15.6 Å². The fraction of sp³-hybridized carbons (Fsp3) is 0.333. The third-order valence-electron chi connectivity index (χ3n) is 4.86. The number of rotatable bonds is 6. The largest absolute Gasteiger partial charge is 0.438 e. The number of hydrogen-bond acceptors (Lipinski definition) is 8. The SMILES string of the molecule is CCCS(=O)(=O)Cc1ccnc(Oc2ccc3c(c2)C2=NCCCN2C=N3)c1C#N. The maximum absolute atomic E-state index is 12.2. The van der Waals surface area contributed by atoms with Crippen molar-refractivity contribution in [2.75, 3.05) is 18.8 Å². The van der Waals surface area contributed by atoms with Crippen LogP contribution >= 0.6 is 0 Å². The number of amidine groups is 1. The van der Waals surface area contributed by atoms with Crippen LogP contribution in [0.25, 0.3) is 0 Å². The molecule has 4 rings (SSSR count). The molecule has 0 N–H and O–H groups in total. The van der Waals surface area contributed by atoms with E-state index in [1.165, 1.54) is 6.20 Å². The average Bonchev–Trinajstić information content (AvgIpc) is 2.73. The standard InChI is InChI=1S/C21H21N5O3S/c1-2-10-30(27,28)13-15-6-8-24-21(18(15)12-22)29-16-4-5-19-17(11-16)20-23-7-3-9-26(20)14-25-19/h4-6,8,11,14H,2-3,7,9-10,13H2,1H3. The number of ether oxygens (including phenoxy) is 1. The monoisotopic (exact) mass is 423 g/mol. The fourth-order valence-electron chi connectivity index (χ4n) is 3.51. The smallest absolute Gasteiger partial charge is 0.237 e. The Labute approximate surface area is 175 Å². The Bertz CT molecular complexity index is 1180. The molecule has 2 aromatic rings. The van der Waals surface area contributed by atoms with Crippen LogP contribution < -0.4 is 4.74 Å². The van der Waals surface area contributed by atoms with E-state index in [9.17, 15) is 13.7 Å². The second-order valence-corrected chi connectivity index (χ2v) is 9.32. The Morgan fingerprint density at radius 1 is 1.30 bits per heavy atom. The van der Waals surface area contributed by atoms with Crippen LogP contribution in [0, 0.1) is 11.3 Å². The van der Waals surface area contributed by atoms with Gasteiger partial charge in [-0.15, -0.1) is 0 Å². The summed E-state index contributed by atoms with van der Waals surface area (Å²) in [5.41, 5.74) is 2.17. The molecule has 1 aromatic carbocycles. The number of fused-ring (bicyclic) bond motifs is 3. The summed E-state index contributed by atoms with van der Waals surface area (Å²) in [7, 11) is -3.30. The van der Waals surface area contributed by atoms with Gasteiger partial charge in [-0.3, -0.25) is 4.99 Å². The number of benzene rings is 1. The molecule has 154 valence electrons. The topological polar surface area (TPSA) is 108 Å². The number of hydrogen-bond donors (Lipinski definition) is 0. The normalized spacial score (nSPS) is 15.1. The van der Waals surface area contributed by atoms with Crippen molar-refractivity contribution in [3.8, 4) is 17.7 Å². The number of nitrogens with zero attached hydrogens (tertiary/aromatic N) is 5. The van der Waals surface area contributed by atoms with Crippen molar-refractivity contribution >= 4 is 27.7 Å². The van der Waals surface area contributed by atoms with Crippen LogP contribution in [0.1, 0.15) is 36.5 Å². The van der Waals surface area contributed by atoms with Crippen molar-refractivity contribution in [2.24, 2.45) is 9.98 Å². The van der Waals surface area contributed by atoms with Gasteiger partial charge < -0.3 is 9.64 Å². The highest BCUT2D eigenvalue weighted by Crippen LogP contribution is 2.33. The third kappa shape index (κ3) is 4.04. The zero-order valence-corrected chi connectivity index (χ0v) is 17.4. The molecular weight excluding hydrogens is 402 g/mol. The number of sulfone groups is 1. The minimum Gasteiger partial charge on any atom is -0.438 e. The van der Waals surface area contributed by atoms with Crippen molar-refractivity contribution < 1.29 is 13.2 Å². The molecule has 2 aliphatic rings. The minimum atomic E-state index is -3.30. The summed E-state index contributed by atoms with van der Waals surface area (Å²) in [5.74, 6) is 1.28. The Hall–Kier alpha value is -3.25. The average molecular weight is 423 g/mol. The maximum Gasteiger partial charge on any atom is 0.237 e. The third-order valence-corrected chi connectivity index (χ3v) is 6.64. The molecule has 0 unspecified atom stereocenters. The first-order valence-electron chi connectivity index (χ1n) is 9.76. The summed E-state index contributed by atoms with van der Waals surface area (Å²) >= 11 is 0. The maximum atomic E-state index is 12.2. The first kappa shape index (κ1) is 20.0. The van der Waals surface area contributed by atoms with Gasteiger partial charge in [0.2, 0.25) is 5.88 Å². The molecule has 30 heavy (non-hydrogen) atoms. The molecule has 0 amide bonds. The van der Waals surface area contributed by atoms with E-state index in [1.54, 1.807) is 18.5 Å². The second kappa shape index (κ2) is 8.24. The lowest BCUT2D eigenvalue weighted by atomic mass is 10.1. The molecule has 2 aliphatic heterocycles. The van der Waals surface area contributed by atoms with Gasteiger partial charge in [0, 0.05) is 24.8 Å². The number of aliphatic imine (C=N–C) groups is 2. The quantitative estimate of drug-likeness (QED) is 0.706. The van der Waals surface area contributed by atoms with Crippen molar-refractivity contribution in [2.45, 2.75) is 25.5 Å². The van der Waals surface area contributed by atoms with Crippen LogP contribution in [0.4, 0.5) is 5.69 Å². The zero-order valence-electron chi connectivity index (χ0n) is 16.6. The van der Waals surface area contributed by atoms with E-state index in [4.69, 9.17) is 4.74 Å². The predicted octanol–water partition coefficient (Wildman–Crippen LogP) is 3.20. The number of aromatic nitrogens is 1. The molecular formula is C21H21N5O3S.